The number of amides is 2. The van der Waals surface area contributed by atoms with Crippen molar-refractivity contribution in [3.8, 4) is 0 Å². The fraction of sp³-hybridized carbons (Fsp3) is 0.467. The van der Waals surface area contributed by atoms with Crippen LogP contribution >= 0.6 is 22.7 Å². The van der Waals surface area contributed by atoms with E-state index in [1.54, 1.807) is 34.1 Å². The Morgan fingerprint density at radius 3 is 1.58 bits per heavy atom. The molecular formula is C30H30F4N10O2S2. The quantitative estimate of drug-likeness (QED) is 0.219. The summed E-state index contributed by atoms with van der Waals surface area (Å²) in [6.07, 6.45) is 6.48. The number of aromatic nitrogens is 6. The molecule has 12 nitrogen and oxygen atoms in total. The van der Waals surface area contributed by atoms with Crippen LogP contribution < -0.4 is 20.4 Å². The first-order valence-corrected chi connectivity index (χ1v) is 17.0. The van der Waals surface area contributed by atoms with Crippen molar-refractivity contribution in [1.29, 1.82) is 0 Å². The summed E-state index contributed by atoms with van der Waals surface area (Å²) >= 11 is 2.63. The highest BCUT2D eigenvalue weighted by Crippen LogP contribution is 2.43. The Bertz CT molecular complexity index is 1680. The van der Waals surface area contributed by atoms with Crippen molar-refractivity contribution in [2.24, 2.45) is 0 Å². The van der Waals surface area contributed by atoms with E-state index in [9.17, 15) is 27.2 Å². The maximum absolute atomic E-state index is 13.3. The van der Waals surface area contributed by atoms with Gasteiger partial charge in [-0.3, -0.25) is 19.6 Å². The van der Waals surface area contributed by atoms with Gasteiger partial charge in [0.05, 0.1) is 50.4 Å². The van der Waals surface area contributed by atoms with Gasteiger partial charge in [-0.05, 0) is 43.5 Å². The minimum absolute atomic E-state index is 0.0304. The standard InChI is InChI=1S/C30H30F4N10O2S2/c31-29(32)13-43(14-29)21-4-6-35-19(9-21)11-23(45)37-27-41-39-25(47-27)17-2-1-3-18(8-17)26-40-42-28(48-26)38-24(46)12-20-10-22(5-7-36-20)44-15-30(33,34)16-44/h4-7,9-10,17-18H,1-3,8,11-16H2,(H,37,41,45)(H,38,42,46). The van der Waals surface area contributed by atoms with E-state index in [1.165, 1.54) is 35.1 Å². The number of pyridine rings is 2. The molecule has 18 heteroatoms. The van der Waals surface area contributed by atoms with Crippen LogP contribution in [-0.4, -0.2) is 80.2 Å². The molecule has 6 heterocycles. The van der Waals surface area contributed by atoms with E-state index in [2.05, 4.69) is 41.0 Å². The number of halogens is 4. The summed E-state index contributed by atoms with van der Waals surface area (Å²) in [5, 5.41) is 24.9. The Balaban J connectivity index is 0.899. The topological polar surface area (TPSA) is 142 Å². The third-order valence-corrected chi connectivity index (χ3v) is 10.5. The molecule has 1 saturated carbocycles. The van der Waals surface area contributed by atoms with Crippen molar-refractivity contribution in [1.82, 2.24) is 30.4 Å². The van der Waals surface area contributed by atoms with Crippen molar-refractivity contribution in [3.05, 3.63) is 58.1 Å². The third kappa shape index (κ3) is 7.53. The lowest BCUT2D eigenvalue weighted by molar-refractivity contribution is -0.116. The van der Waals surface area contributed by atoms with Gasteiger partial charge in [-0.2, -0.15) is 0 Å². The van der Waals surface area contributed by atoms with Crippen molar-refractivity contribution in [3.63, 3.8) is 0 Å². The summed E-state index contributed by atoms with van der Waals surface area (Å²) in [6, 6.07) is 6.58. The van der Waals surface area contributed by atoms with Crippen molar-refractivity contribution in [2.45, 2.75) is 62.2 Å². The second-order valence-electron chi connectivity index (χ2n) is 12.3. The van der Waals surface area contributed by atoms with Gasteiger partial charge in [0.2, 0.25) is 22.1 Å². The van der Waals surface area contributed by atoms with Crippen molar-refractivity contribution >= 4 is 56.1 Å². The Morgan fingerprint density at radius 1 is 0.729 bits per heavy atom. The van der Waals surface area contributed by atoms with Gasteiger partial charge in [0.15, 0.2) is 0 Å². The monoisotopic (exact) mass is 702 g/mol. The second-order valence-corrected chi connectivity index (χ2v) is 14.4. The Labute approximate surface area is 280 Å². The molecule has 3 aliphatic rings. The summed E-state index contributed by atoms with van der Waals surface area (Å²) in [5.74, 6) is -5.81. The smallest absolute Gasteiger partial charge is 0.282 e. The van der Waals surface area contributed by atoms with Gasteiger partial charge in [-0.25, -0.2) is 17.6 Å². The van der Waals surface area contributed by atoms with Crippen molar-refractivity contribution < 1.29 is 27.2 Å². The molecule has 0 aromatic carbocycles. The average molecular weight is 703 g/mol. The van der Waals surface area contributed by atoms with Crippen LogP contribution in [0.1, 0.15) is 58.9 Å². The van der Waals surface area contributed by atoms with E-state index in [1.807, 2.05) is 0 Å². The minimum Gasteiger partial charge on any atom is -0.359 e. The summed E-state index contributed by atoms with van der Waals surface area (Å²) in [6.45, 7) is -1.40. The zero-order chi connectivity index (χ0) is 33.5. The van der Waals surface area contributed by atoms with Gasteiger partial charge < -0.3 is 20.4 Å². The number of rotatable bonds is 10. The zero-order valence-corrected chi connectivity index (χ0v) is 27.0. The molecule has 4 aromatic heterocycles. The fourth-order valence-electron chi connectivity index (χ4n) is 6.10. The first-order chi connectivity index (χ1) is 23.0. The summed E-state index contributed by atoms with van der Waals surface area (Å²) in [4.78, 5) is 36.9. The molecule has 4 aromatic rings. The predicted molar refractivity (Wildman–Crippen MR) is 171 cm³/mol. The lowest BCUT2D eigenvalue weighted by atomic mass is 9.82. The molecule has 2 saturated heterocycles. The maximum atomic E-state index is 13.3. The van der Waals surface area contributed by atoms with Crippen LogP contribution in [0.25, 0.3) is 0 Å². The maximum Gasteiger partial charge on any atom is 0.282 e. The van der Waals surface area contributed by atoms with Crippen LogP contribution in [-0.2, 0) is 22.4 Å². The van der Waals surface area contributed by atoms with Crippen LogP contribution in [0.4, 0.5) is 39.2 Å². The molecule has 2 amide bonds. The molecule has 2 N–H and O–H groups in total. The van der Waals surface area contributed by atoms with Gasteiger partial charge >= 0.3 is 0 Å². The Morgan fingerprint density at radius 2 is 1.17 bits per heavy atom. The average Bonchev–Trinajstić information content (AvgIpc) is 3.69. The third-order valence-electron chi connectivity index (χ3n) is 8.45. The van der Waals surface area contributed by atoms with Gasteiger partial charge in [0.1, 0.15) is 10.0 Å². The van der Waals surface area contributed by atoms with Gasteiger partial charge in [-0.1, -0.05) is 29.1 Å². The van der Waals surface area contributed by atoms with E-state index in [0.717, 1.165) is 35.7 Å². The number of alkyl halides is 4. The lowest BCUT2D eigenvalue weighted by Gasteiger charge is -2.40. The molecule has 0 spiro atoms. The summed E-state index contributed by atoms with van der Waals surface area (Å²) in [7, 11) is 0. The van der Waals surface area contributed by atoms with Crippen LogP contribution in [0.3, 0.4) is 0 Å². The van der Waals surface area contributed by atoms with Gasteiger partial charge in [0, 0.05) is 35.6 Å². The number of carbonyl (C=O) groups excluding carboxylic acids is 2. The largest absolute Gasteiger partial charge is 0.359 e. The lowest BCUT2D eigenvalue weighted by Crippen LogP contribution is -2.56. The second kappa shape index (κ2) is 12.9. The Hall–Kier alpha value is -4.32. The predicted octanol–water partition coefficient (Wildman–Crippen LogP) is 4.89. The fourth-order valence-corrected chi connectivity index (χ4v) is 7.92. The van der Waals surface area contributed by atoms with E-state index >= 15 is 0 Å². The molecule has 252 valence electrons. The van der Waals surface area contributed by atoms with Crippen molar-refractivity contribution in [2.75, 3.05) is 46.6 Å². The molecule has 3 fully saturated rings. The summed E-state index contributed by atoms with van der Waals surface area (Å²) in [5.41, 5.74) is 2.14. The van der Waals surface area contributed by atoms with Gasteiger partial charge in [-0.15, -0.1) is 20.4 Å². The highest BCUT2D eigenvalue weighted by molar-refractivity contribution is 7.15. The minimum atomic E-state index is -2.69. The molecule has 7 rings (SSSR count). The van der Waals surface area contributed by atoms with Gasteiger partial charge in [0.25, 0.3) is 11.8 Å². The first kappa shape index (κ1) is 32.2. The Kier molecular flexibility index (Phi) is 8.69. The first-order valence-electron chi connectivity index (χ1n) is 15.4. The molecule has 48 heavy (non-hydrogen) atoms. The number of hydrogen-bond acceptors (Lipinski definition) is 12. The van der Waals surface area contributed by atoms with E-state index in [-0.39, 0.29) is 62.7 Å². The van der Waals surface area contributed by atoms with Crippen LogP contribution in [0.15, 0.2) is 36.7 Å². The number of carbonyl (C=O) groups is 2. The zero-order valence-electron chi connectivity index (χ0n) is 25.4. The number of hydrogen-bond donors (Lipinski definition) is 2. The molecule has 1 aliphatic carbocycles. The SMILES string of the molecule is O=C(Cc1cc(N2CC(F)(F)C2)ccn1)Nc1nnc(C2CCCC(c3nnc(NC(=O)Cc4cc(N5CC(F)(F)C5)ccn4)s3)C2)s1. The van der Waals surface area contributed by atoms with E-state index < -0.39 is 11.8 Å². The highest BCUT2D eigenvalue weighted by atomic mass is 32.1. The van der Waals surface area contributed by atoms with E-state index in [0.29, 0.717) is 33.0 Å². The normalized spacial score (nSPS) is 21.2. The van der Waals surface area contributed by atoms with Crippen LogP contribution in [0, 0.1) is 0 Å². The highest BCUT2D eigenvalue weighted by Gasteiger charge is 2.44. The molecule has 2 unspecified atom stereocenters. The van der Waals surface area contributed by atoms with Crippen LogP contribution in [0.5, 0.6) is 0 Å². The summed E-state index contributed by atoms with van der Waals surface area (Å²) < 4.78 is 53.0. The number of nitrogens with one attached hydrogen (secondary N) is 2. The number of nitrogens with zero attached hydrogens (tertiary/aromatic N) is 8. The van der Waals surface area contributed by atoms with Crippen LogP contribution in [0.2, 0.25) is 0 Å². The molecule has 0 radical (unpaired) electrons. The van der Waals surface area contributed by atoms with E-state index in [4.69, 9.17) is 0 Å². The number of anilines is 4. The molecular weight excluding hydrogens is 673 g/mol. The molecule has 2 aliphatic heterocycles. The molecule has 0 bridgehead atoms. The molecule has 2 atom stereocenters.